The van der Waals surface area contributed by atoms with Crippen LogP contribution in [0.4, 0.5) is 5.82 Å². The molecule has 0 unspecified atom stereocenters. The summed E-state index contributed by atoms with van der Waals surface area (Å²) in [7, 11) is 0. The number of halogens is 1. The number of hydrogen-bond donors (Lipinski definition) is 1. The lowest BCUT2D eigenvalue weighted by molar-refractivity contribution is 1.03. The second-order valence-electron chi connectivity index (χ2n) is 3.51. The van der Waals surface area contributed by atoms with E-state index >= 15 is 0 Å². The van der Waals surface area contributed by atoms with Crippen molar-refractivity contribution < 1.29 is 0 Å². The van der Waals surface area contributed by atoms with Crippen LogP contribution in [0.1, 0.15) is 26.3 Å². The first kappa shape index (κ1) is 12.0. The average Bonchev–Trinajstić information content (AvgIpc) is 2.17. The smallest absolute Gasteiger partial charge is 0.137 e. The van der Waals surface area contributed by atoms with E-state index in [1.807, 2.05) is 6.92 Å². The van der Waals surface area contributed by atoms with Gasteiger partial charge in [0.2, 0.25) is 0 Å². The standard InChI is InChI=1S/C11H16ClN3/c1-4-9-10(12)14-7-15-11(9)13-6-5-8(2)3/h5,7H,4,6H2,1-3H3,(H,13,14,15). The molecule has 0 amide bonds. The van der Waals surface area contributed by atoms with Crippen LogP contribution in [0, 0.1) is 0 Å². The van der Waals surface area contributed by atoms with Crippen molar-refractivity contribution in [2.24, 2.45) is 0 Å². The fraction of sp³-hybridized carbons (Fsp3) is 0.455. The predicted molar refractivity (Wildman–Crippen MR) is 64.3 cm³/mol. The molecule has 0 spiro atoms. The predicted octanol–water partition coefficient (Wildman–Crippen LogP) is 3.07. The molecule has 0 fully saturated rings. The monoisotopic (exact) mass is 225 g/mol. The zero-order valence-corrected chi connectivity index (χ0v) is 10.1. The molecule has 1 aromatic heterocycles. The fourth-order valence-electron chi connectivity index (χ4n) is 1.21. The number of allylic oxidation sites excluding steroid dienone is 1. The summed E-state index contributed by atoms with van der Waals surface area (Å²) in [5.74, 6) is 0.829. The van der Waals surface area contributed by atoms with Crippen LogP contribution in [0.25, 0.3) is 0 Å². The maximum absolute atomic E-state index is 5.96. The molecule has 1 aromatic rings. The van der Waals surface area contributed by atoms with Gasteiger partial charge in [-0.15, -0.1) is 0 Å². The van der Waals surface area contributed by atoms with Gasteiger partial charge < -0.3 is 5.32 Å². The Balaban J connectivity index is 2.76. The van der Waals surface area contributed by atoms with Gasteiger partial charge in [-0.1, -0.05) is 30.2 Å². The molecule has 0 saturated heterocycles. The molecule has 0 aromatic carbocycles. The van der Waals surface area contributed by atoms with Gasteiger partial charge in [0.05, 0.1) is 0 Å². The van der Waals surface area contributed by atoms with E-state index in [1.165, 1.54) is 11.9 Å². The molecule has 1 N–H and O–H groups in total. The Morgan fingerprint density at radius 3 is 2.80 bits per heavy atom. The summed E-state index contributed by atoms with van der Waals surface area (Å²) >= 11 is 5.96. The Labute approximate surface area is 95.6 Å². The molecule has 0 radical (unpaired) electrons. The van der Waals surface area contributed by atoms with Gasteiger partial charge in [-0.3, -0.25) is 0 Å². The highest BCUT2D eigenvalue weighted by Gasteiger charge is 2.06. The van der Waals surface area contributed by atoms with Gasteiger partial charge in [-0.25, -0.2) is 9.97 Å². The third-order valence-electron chi connectivity index (χ3n) is 2.03. The van der Waals surface area contributed by atoms with E-state index in [0.29, 0.717) is 5.15 Å². The van der Waals surface area contributed by atoms with Crippen molar-refractivity contribution in [2.45, 2.75) is 27.2 Å². The quantitative estimate of drug-likeness (QED) is 0.632. The number of rotatable bonds is 4. The van der Waals surface area contributed by atoms with Crippen LogP contribution >= 0.6 is 11.6 Å². The Hall–Kier alpha value is -1.09. The first-order valence-corrected chi connectivity index (χ1v) is 5.39. The first-order valence-electron chi connectivity index (χ1n) is 5.01. The average molecular weight is 226 g/mol. The number of hydrogen-bond acceptors (Lipinski definition) is 3. The lowest BCUT2D eigenvalue weighted by Crippen LogP contribution is -2.05. The van der Waals surface area contributed by atoms with Gasteiger partial charge in [0.15, 0.2) is 0 Å². The minimum Gasteiger partial charge on any atom is -0.366 e. The summed E-state index contributed by atoms with van der Waals surface area (Å²) in [6.07, 6.45) is 4.42. The zero-order chi connectivity index (χ0) is 11.3. The van der Waals surface area contributed by atoms with Crippen molar-refractivity contribution in [3.63, 3.8) is 0 Å². The van der Waals surface area contributed by atoms with Gasteiger partial charge in [-0.2, -0.15) is 0 Å². The first-order chi connectivity index (χ1) is 7.15. The second kappa shape index (κ2) is 5.71. The third-order valence-corrected chi connectivity index (χ3v) is 2.35. The van der Waals surface area contributed by atoms with Crippen molar-refractivity contribution in [1.29, 1.82) is 0 Å². The molecule has 0 aliphatic heterocycles. The van der Waals surface area contributed by atoms with Crippen LogP contribution in [0.3, 0.4) is 0 Å². The van der Waals surface area contributed by atoms with Gasteiger partial charge in [0.25, 0.3) is 0 Å². The maximum Gasteiger partial charge on any atom is 0.137 e. The van der Waals surface area contributed by atoms with E-state index in [-0.39, 0.29) is 0 Å². The van der Waals surface area contributed by atoms with Crippen molar-refractivity contribution in [1.82, 2.24) is 9.97 Å². The summed E-state index contributed by atoms with van der Waals surface area (Å²) in [6, 6.07) is 0. The zero-order valence-electron chi connectivity index (χ0n) is 9.34. The SMILES string of the molecule is CCc1c(Cl)ncnc1NCC=C(C)C. The van der Waals surface area contributed by atoms with Crippen LogP contribution in [0.5, 0.6) is 0 Å². The van der Waals surface area contributed by atoms with Crippen molar-refractivity contribution in [3.05, 3.63) is 28.7 Å². The Bertz CT molecular complexity index is 357. The lowest BCUT2D eigenvalue weighted by Gasteiger charge is -2.08. The number of aromatic nitrogens is 2. The van der Waals surface area contributed by atoms with Crippen molar-refractivity contribution in [2.75, 3.05) is 11.9 Å². The van der Waals surface area contributed by atoms with Crippen molar-refractivity contribution in [3.8, 4) is 0 Å². The fourth-order valence-corrected chi connectivity index (χ4v) is 1.48. The lowest BCUT2D eigenvalue weighted by atomic mass is 10.2. The Morgan fingerprint density at radius 2 is 2.20 bits per heavy atom. The molecular formula is C11H16ClN3. The van der Waals surface area contributed by atoms with Crippen LogP contribution in [0.2, 0.25) is 5.15 Å². The Morgan fingerprint density at radius 1 is 1.47 bits per heavy atom. The summed E-state index contributed by atoms with van der Waals surface area (Å²) in [5, 5.41) is 3.76. The highest BCUT2D eigenvalue weighted by atomic mass is 35.5. The van der Waals surface area contributed by atoms with Gasteiger partial charge >= 0.3 is 0 Å². The van der Waals surface area contributed by atoms with Crippen molar-refractivity contribution >= 4 is 17.4 Å². The van der Waals surface area contributed by atoms with E-state index in [9.17, 15) is 0 Å². The van der Waals surface area contributed by atoms with E-state index in [2.05, 4.69) is 35.2 Å². The van der Waals surface area contributed by atoms with E-state index < -0.39 is 0 Å². The summed E-state index contributed by atoms with van der Waals surface area (Å²) in [5.41, 5.74) is 2.25. The summed E-state index contributed by atoms with van der Waals surface area (Å²) in [6.45, 7) is 6.93. The minimum absolute atomic E-state index is 0.534. The van der Waals surface area contributed by atoms with Gasteiger partial charge in [0.1, 0.15) is 17.3 Å². The van der Waals surface area contributed by atoms with Crippen LogP contribution in [-0.2, 0) is 6.42 Å². The molecule has 15 heavy (non-hydrogen) atoms. The number of nitrogens with zero attached hydrogens (tertiary/aromatic N) is 2. The number of nitrogens with one attached hydrogen (secondary N) is 1. The minimum atomic E-state index is 0.534. The second-order valence-corrected chi connectivity index (χ2v) is 3.87. The summed E-state index contributed by atoms with van der Waals surface area (Å²) in [4.78, 5) is 8.12. The third kappa shape index (κ3) is 3.51. The van der Waals surface area contributed by atoms with Crippen LogP contribution in [0.15, 0.2) is 18.0 Å². The maximum atomic E-state index is 5.96. The Kier molecular flexibility index (Phi) is 4.56. The number of anilines is 1. The van der Waals surface area contributed by atoms with Gasteiger partial charge in [-0.05, 0) is 20.3 Å². The molecule has 1 rings (SSSR count). The molecular weight excluding hydrogens is 210 g/mol. The molecule has 0 aliphatic carbocycles. The molecule has 4 heteroatoms. The highest BCUT2D eigenvalue weighted by molar-refractivity contribution is 6.30. The highest BCUT2D eigenvalue weighted by Crippen LogP contribution is 2.19. The molecule has 82 valence electrons. The molecule has 0 bridgehead atoms. The van der Waals surface area contributed by atoms with Crippen LogP contribution < -0.4 is 5.32 Å². The van der Waals surface area contributed by atoms with Gasteiger partial charge in [0, 0.05) is 12.1 Å². The molecule has 3 nitrogen and oxygen atoms in total. The molecule has 0 aliphatic rings. The molecule has 1 heterocycles. The molecule has 0 atom stereocenters. The normalized spacial score (nSPS) is 9.87. The molecule has 0 saturated carbocycles. The van der Waals surface area contributed by atoms with E-state index in [4.69, 9.17) is 11.6 Å². The van der Waals surface area contributed by atoms with Crippen LogP contribution in [-0.4, -0.2) is 16.5 Å². The summed E-state index contributed by atoms with van der Waals surface area (Å²) < 4.78 is 0. The topological polar surface area (TPSA) is 37.8 Å². The largest absolute Gasteiger partial charge is 0.366 e. The van der Waals surface area contributed by atoms with E-state index in [0.717, 1.165) is 24.3 Å². The van der Waals surface area contributed by atoms with E-state index in [1.54, 1.807) is 0 Å².